The van der Waals surface area contributed by atoms with Crippen LogP contribution in [0, 0.1) is 34.5 Å². The van der Waals surface area contributed by atoms with E-state index in [4.69, 9.17) is 4.74 Å². The Kier molecular flexibility index (Phi) is 8.03. The molecule has 4 bridgehead atoms. The molecule has 0 saturated heterocycles. The number of anilines is 2. The van der Waals surface area contributed by atoms with Crippen LogP contribution in [0.15, 0.2) is 35.4 Å². The number of ether oxygens (including phenoxy) is 1. The van der Waals surface area contributed by atoms with Crippen molar-refractivity contribution in [1.82, 2.24) is 15.3 Å². The van der Waals surface area contributed by atoms with E-state index in [2.05, 4.69) is 32.0 Å². The quantitative estimate of drug-likeness (QED) is 0.292. The van der Waals surface area contributed by atoms with E-state index in [1.807, 2.05) is 20.8 Å². The fraction of sp³-hybridized carbons (Fsp3) is 0.586. The van der Waals surface area contributed by atoms with E-state index in [9.17, 15) is 23.2 Å². The van der Waals surface area contributed by atoms with Gasteiger partial charge in [-0.2, -0.15) is 23.4 Å². The van der Waals surface area contributed by atoms with E-state index < -0.39 is 11.1 Å². The molecule has 41 heavy (non-hydrogen) atoms. The van der Waals surface area contributed by atoms with Crippen LogP contribution < -0.4 is 16.0 Å². The van der Waals surface area contributed by atoms with Gasteiger partial charge in [-0.05, 0) is 99.4 Å². The van der Waals surface area contributed by atoms with Gasteiger partial charge in [-0.15, -0.1) is 0 Å². The molecular formula is C29H35F3N6O2S. The number of alkyl halides is 3. The molecule has 1 aromatic carbocycles. The van der Waals surface area contributed by atoms with Gasteiger partial charge < -0.3 is 20.7 Å². The van der Waals surface area contributed by atoms with E-state index in [1.165, 1.54) is 12.3 Å². The molecule has 4 saturated carbocycles. The average Bonchev–Trinajstić information content (AvgIpc) is 2.87. The van der Waals surface area contributed by atoms with Gasteiger partial charge in [0.1, 0.15) is 23.1 Å². The minimum atomic E-state index is -4.39. The number of nitriles is 1. The summed E-state index contributed by atoms with van der Waals surface area (Å²) in [4.78, 5) is 21.3. The van der Waals surface area contributed by atoms with Gasteiger partial charge in [-0.1, -0.05) is 18.2 Å². The molecular weight excluding hydrogens is 553 g/mol. The molecule has 0 radical (unpaired) electrons. The maximum absolute atomic E-state index is 13.0. The lowest BCUT2D eigenvalue weighted by atomic mass is 9.48. The Morgan fingerprint density at radius 1 is 1.15 bits per heavy atom. The Bertz CT molecular complexity index is 1310. The predicted molar refractivity (Wildman–Crippen MR) is 150 cm³/mol. The van der Waals surface area contributed by atoms with Gasteiger partial charge in [0.15, 0.2) is 0 Å². The first-order valence-electron chi connectivity index (χ1n) is 13.9. The summed E-state index contributed by atoms with van der Waals surface area (Å²) in [5, 5.41) is 19.3. The number of nitrogens with zero attached hydrogens (tertiary/aromatic N) is 3. The molecule has 12 heteroatoms. The maximum Gasteiger partial charge on any atom is 0.446 e. The zero-order valence-corrected chi connectivity index (χ0v) is 24.2. The van der Waals surface area contributed by atoms with Crippen molar-refractivity contribution in [3.8, 4) is 6.07 Å². The van der Waals surface area contributed by atoms with E-state index in [0.29, 0.717) is 41.2 Å². The third-order valence-electron chi connectivity index (χ3n) is 8.26. The topological polar surface area (TPSA) is 112 Å². The summed E-state index contributed by atoms with van der Waals surface area (Å²) in [6, 6.07) is 8.55. The molecule has 3 unspecified atom stereocenters. The summed E-state index contributed by atoms with van der Waals surface area (Å²) in [6.07, 6.45) is 6.29. The van der Waals surface area contributed by atoms with Crippen molar-refractivity contribution in [3.05, 3.63) is 41.6 Å². The largest absolute Gasteiger partial charge is 0.446 e. The number of nitrogens with one attached hydrogen (secondary N) is 3. The molecule has 1 aromatic heterocycles. The van der Waals surface area contributed by atoms with Crippen molar-refractivity contribution >= 4 is 29.6 Å². The number of carbonyl (C=O) groups excluding carboxylic acids is 1. The van der Waals surface area contributed by atoms with Crippen LogP contribution in [0.2, 0.25) is 0 Å². The molecule has 220 valence electrons. The maximum atomic E-state index is 13.0. The number of amides is 1. The molecule has 1 heterocycles. The van der Waals surface area contributed by atoms with E-state index >= 15 is 0 Å². The molecule has 2 aromatic rings. The number of hydrogen-bond acceptors (Lipinski definition) is 8. The Morgan fingerprint density at radius 3 is 2.51 bits per heavy atom. The Balaban J connectivity index is 1.24. The standard InChI is InChI=1S/C29H35F3N6O2S/c1-27(2,3)40-26(39)37-23-19-8-17-9-20(23)12-28(10-17,11-19)16-36-24-21(13-33)15-35-25(38-24)34-14-18-6-4-5-7-22(18)41-29(30,31)32/h4-7,15,17,19-20,23H,8-12,14,16H2,1-3H3,(H,37,39)(H2,34,35,36,38)/t17?,19-,20+,23?,28?. The molecule has 4 aliphatic carbocycles. The molecule has 4 fully saturated rings. The SMILES string of the molecule is CC(C)(C)OC(=O)NC1[C@@H]2CC3C[C@H]1CC(CNc1nc(NCc4ccccc4SC(F)(F)F)ncc1C#N)(C3)C2. The Hall–Kier alpha value is -3.20. The monoisotopic (exact) mass is 588 g/mol. The number of aromatic nitrogens is 2. The van der Waals surface area contributed by atoms with Gasteiger partial charge in [-0.25, -0.2) is 9.78 Å². The molecule has 0 aliphatic heterocycles. The van der Waals surface area contributed by atoms with Crippen molar-refractivity contribution in [3.63, 3.8) is 0 Å². The smallest absolute Gasteiger partial charge is 0.444 e. The minimum absolute atomic E-state index is 0.0433. The first-order valence-corrected chi connectivity index (χ1v) is 14.7. The van der Waals surface area contributed by atoms with E-state index in [-0.39, 0.29) is 46.7 Å². The van der Waals surface area contributed by atoms with Gasteiger partial charge >= 0.3 is 11.6 Å². The van der Waals surface area contributed by atoms with Gasteiger partial charge in [-0.3, -0.25) is 0 Å². The van der Waals surface area contributed by atoms with Crippen molar-refractivity contribution in [2.75, 3.05) is 17.2 Å². The van der Waals surface area contributed by atoms with Crippen molar-refractivity contribution in [2.45, 2.75) is 81.5 Å². The molecule has 0 spiro atoms. The normalized spacial score (nSPS) is 26.8. The van der Waals surface area contributed by atoms with Gasteiger partial charge in [0.2, 0.25) is 5.95 Å². The Morgan fingerprint density at radius 2 is 1.85 bits per heavy atom. The second-order valence-electron chi connectivity index (χ2n) is 12.6. The lowest BCUT2D eigenvalue weighted by molar-refractivity contribution is -0.0703. The lowest BCUT2D eigenvalue weighted by Gasteiger charge is -2.60. The van der Waals surface area contributed by atoms with Crippen molar-refractivity contribution in [2.24, 2.45) is 23.2 Å². The van der Waals surface area contributed by atoms with Crippen molar-refractivity contribution < 1.29 is 22.7 Å². The zero-order chi connectivity index (χ0) is 29.4. The summed E-state index contributed by atoms with van der Waals surface area (Å²) in [5.41, 5.74) is -4.11. The molecule has 5 atom stereocenters. The summed E-state index contributed by atoms with van der Waals surface area (Å²) >= 11 is -0.154. The number of halogens is 3. The highest BCUT2D eigenvalue weighted by Gasteiger charge is 2.55. The van der Waals surface area contributed by atoms with Crippen LogP contribution in [0.25, 0.3) is 0 Å². The number of hydrogen-bond donors (Lipinski definition) is 3. The van der Waals surface area contributed by atoms with Crippen LogP contribution in [0.4, 0.5) is 29.7 Å². The fourth-order valence-corrected chi connectivity index (χ4v) is 7.76. The molecule has 1 amide bonds. The zero-order valence-electron chi connectivity index (χ0n) is 23.3. The number of alkyl carbamates (subject to hydrolysis) is 1. The average molecular weight is 589 g/mol. The lowest BCUT2D eigenvalue weighted by Crippen LogP contribution is -2.60. The van der Waals surface area contributed by atoms with Crippen LogP contribution in [0.1, 0.15) is 64.0 Å². The summed E-state index contributed by atoms with van der Waals surface area (Å²) in [6.45, 7) is 6.33. The summed E-state index contributed by atoms with van der Waals surface area (Å²) in [5.74, 6) is 2.00. The highest BCUT2D eigenvalue weighted by Crippen LogP contribution is 2.60. The third-order valence-corrected chi connectivity index (χ3v) is 9.11. The number of rotatable bonds is 8. The molecule has 4 aliphatic rings. The Labute approximate surface area is 242 Å². The summed E-state index contributed by atoms with van der Waals surface area (Å²) < 4.78 is 44.4. The van der Waals surface area contributed by atoms with Crippen LogP contribution in [-0.4, -0.2) is 39.8 Å². The second kappa shape index (κ2) is 11.2. The summed E-state index contributed by atoms with van der Waals surface area (Å²) in [7, 11) is 0. The predicted octanol–water partition coefficient (Wildman–Crippen LogP) is 6.70. The fourth-order valence-electron chi connectivity index (χ4n) is 7.09. The first kappa shape index (κ1) is 29.3. The van der Waals surface area contributed by atoms with Gasteiger partial charge in [0, 0.05) is 24.0 Å². The van der Waals surface area contributed by atoms with Crippen LogP contribution in [0.3, 0.4) is 0 Å². The van der Waals surface area contributed by atoms with E-state index in [1.54, 1.807) is 18.2 Å². The van der Waals surface area contributed by atoms with Crippen LogP contribution in [-0.2, 0) is 11.3 Å². The first-order chi connectivity index (χ1) is 19.3. The molecule has 6 rings (SSSR count). The van der Waals surface area contributed by atoms with Gasteiger partial charge in [0.25, 0.3) is 0 Å². The van der Waals surface area contributed by atoms with E-state index in [0.717, 1.165) is 32.1 Å². The minimum Gasteiger partial charge on any atom is -0.444 e. The van der Waals surface area contributed by atoms with Crippen molar-refractivity contribution in [1.29, 1.82) is 5.26 Å². The van der Waals surface area contributed by atoms with Gasteiger partial charge in [0.05, 0.1) is 6.20 Å². The highest BCUT2D eigenvalue weighted by atomic mass is 32.2. The molecule has 8 nitrogen and oxygen atoms in total. The van der Waals surface area contributed by atoms with Crippen LogP contribution in [0.5, 0.6) is 0 Å². The van der Waals surface area contributed by atoms with Crippen LogP contribution >= 0.6 is 11.8 Å². The second-order valence-corrected chi connectivity index (χ2v) is 13.7. The highest BCUT2D eigenvalue weighted by molar-refractivity contribution is 8.00. The number of thioether (sulfide) groups is 1. The number of carbonyl (C=O) groups is 1. The number of benzene rings is 1. The molecule has 3 N–H and O–H groups in total. The third kappa shape index (κ3) is 7.18.